The smallest absolute Gasteiger partial charge is 0.229 e. The molecule has 0 aliphatic carbocycles. The van der Waals surface area contributed by atoms with Crippen LogP contribution < -0.4 is 9.46 Å². The molecule has 0 atom stereocenters. The minimum absolute atomic E-state index is 0.153. The molecule has 1 heterocycles. The Kier molecular flexibility index (Phi) is 7.99. The van der Waals surface area contributed by atoms with Crippen LogP contribution in [0.25, 0.3) is 11.0 Å². The number of furan rings is 1. The van der Waals surface area contributed by atoms with Crippen LogP contribution in [0.15, 0.2) is 46.9 Å². The van der Waals surface area contributed by atoms with Crippen LogP contribution in [-0.4, -0.2) is 31.5 Å². The lowest BCUT2D eigenvalue weighted by Crippen LogP contribution is -2.09. The number of anilines is 1. The zero-order valence-electron chi connectivity index (χ0n) is 17.6. The van der Waals surface area contributed by atoms with Crippen molar-refractivity contribution in [2.24, 2.45) is 0 Å². The minimum Gasteiger partial charge on any atom is -0.494 e. The first-order valence-corrected chi connectivity index (χ1v) is 13.6. The topological polar surface area (TPSA) is 85.6 Å². The van der Waals surface area contributed by atoms with Gasteiger partial charge in [0.25, 0.3) is 0 Å². The summed E-state index contributed by atoms with van der Waals surface area (Å²) in [5, 5.41) is 0.604. The molecule has 1 N–H and O–H groups in total. The Balaban J connectivity index is 1.98. The van der Waals surface area contributed by atoms with Gasteiger partial charge in [0, 0.05) is 27.5 Å². The number of alkyl halides is 1. The van der Waals surface area contributed by atoms with Crippen LogP contribution in [0.5, 0.6) is 5.75 Å². The lowest BCUT2D eigenvalue weighted by Gasteiger charge is -2.07. The van der Waals surface area contributed by atoms with Crippen molar-refractivity contribution in [2.45, 2.75) is 32.6 Å². The van der Waals surface area contributed by atoms with Gasteiger partial charge in [0.2, 0.25) is 10.0 Å². The van der Waals surface area contributed by atoms with Gasteiger partial charge in [0.05, 0.1) is 18.4 Å². The van der Waals surface area contributed by atoms with E-state index in [9.17, 15) is 13.2 Å². The number of hydrogen-bond donors (Lipinski definition) is 1. The lowest BCUT2D eigenvalue weighted by molar-refractivity contribution is 0.103. The second-order valence-electron chi connectivity index (χ2n) is 7.33. The molecule has 0 spiro atoms. The van der Waals surface area contributed by atoms with Gasteiger partial charge < -0.3 is 9.15 Å². The maximum absolute atomic E-state index is 13.4. The second-order valence-corrected chi connectivity index (χ2v) is 10.2. The monoisotopic (exact) mass is 555 g/mol. The van der Waals surface area contributed by atoms with Crippen molar-refractivity contribution in [2.75, 3.05) is 22.0 Å². The zero-order valence-corrected chi connectivity index (χ0v) is 20.6. The molecule has 0 bridgehead atoms. The maximum atomic E-state index is 13.4. The molecule has 0 aliphatic rings. The standard InChI is InChI=1S/C23H26INO5S/c1-3-4-6-21-22(19-15-17(25-31(2,27)28)9-12-20(19)30-21)23(26)16-7-10-18(11-8-16)29-14-5-13-24/h7-12,15,25H,3-6,13-14H2,1-2H3. The van der Waals surface area contributed by atoms with E-state index < -0.39 is 10.0 Å². The second kappa shape index (κ2) is 10.5. The quantitative estimate of drug-likeness (QED) is 0.145. The molecule has 6 nitrogen and oxygen atoms in total. The minimum atomic E-state index is -3.43. The molecule has 0 saturated heterocycles. The van der Waals surface area contributed by atoms with E-state index >= 15 is 0 Å². The highest BCUT2D eigenvalue weighted by Crippen LogP contribution is 2.32. The Hall–Kier alpha value is -2.07. The van der Waals surface area contributed by atoms with Gasteiger partial charge in [-0.15, -0.1) is 0 Å². The number of hydrogen-bond acceptors (Lipinski definition) is 5. The maximum Gasteiger partial charge on any atom is 0.229 e. The Morgan fingerprint density at radius 3 is 2.52 bits per heavy atom. The van der Waals surface area contributed by atoms with E-state index in [0.29, 0.717) is 46.6 Å². The number of rotatable bonds is 11. The van der Waals surface area contributed by atoms with Crippen LogP contribution >= 0.6 is 22.6 Å². The summed E-state index contributed by atoms with van der Waals surface area (Å²) >= 11 is 2.31. The molecule has 0 saturated carbocycles. The van der Waals surface area contributed by atoms with Gasteiger partial charge >= 0.3 is 0 Å². The lowest BCUT2D eigenvalue weighted by atomic mass is 9.98. The molecule has 2 aromatic carbocycles. The van der Waals surface area contributed by atoms with Gasteiger partial charge in [-0.3, -0.25) is 9.52 Å². The van der Waals surface area contributed by atoms with E-state index in [1.807, 2.05) is 0 Å². The molecule has 3 aromatic rings. The predicted octanol–water partition coefficient (Wildman–Crippen LogP) is 5.58. The fourth-order valence-electron chi connectivity index (χ4n) is 3.28. The van der Waals surface area contributed by atoms with Crippen molar-refractivity contribution in [1.82, 2.24) is 0 Å². The van der Waals surface area contributed by atoms with Crippen molar-refractivity contribution in [3.05, 3.63) is 59.4 Å². The molecule has 0 radical (unpaired) electrons. The summed E-state index contributed by atoms with van der Waals surface area (Å²) in [6.07, 6.45) is 4.55. The number of nitrogens with one attached hydrogen (secondary N) is 1. The van der Waals surface area contributed by atoms with Crippen molar-refractivity contribution >= 4 is 55.1 Å². The molecular formula is C23H26INO5S. The average Bonchev–Trinajstić information content (AvgIpc) is 3.08. The highest BCUT2D eigenvalue weighted by Gasteiger charge is 2.22. The summed E-state index contributed by atoms with van der Waals surface area (Å²) in [5.41, 5.74) is 1.97. The third-order valence-corrected chi connectivity index (χ3v) is 6.08. The summed E-state index contributed by atoms with van der Waals surface area (Å²) < 4.78 is 38.4. The number of ketones is 1. The molecule has 3 rings (SSSR count). The summed E-state index contributed by atoms with van der Waals surface area (Å²) in [7, 11) is -3.43. The highest BCUT2D eigenvalue weighted by atomic mass is 127. The van der Waals surface area contributed by atoms with Crippen molar-refractivity contribution in [3.63, 3.8) is 0 Å². The van der Waals surface area contributed by atoms with Gasteiger partial charge in [0.15, 0.2) is 5.78 Å². The fraction of sp³-hybridized carbons (Fsp3) is 0.348. The first-order valence-electron chi connectivity index (χ1n) is 10.2. The SMILES string of the molecule is CCCCc1oc2ccc(NS(C)(=O)=O)cc2c1C(=O)c1ccc(OCCCI)cc1. The number of sulfonamides is 1. The van der Waals surface area contributed by atoms with E-state index in [1.54, 1.807) is 42.5 Å². The molecule has 0 unspecified atom stereocenters. The first kappa shape index (κ1) is 23.6. The Bertz CT molecular complexity index is 1150. The summed E-state index contributed by atoms with van der Waals surface area (Å²) in [4.78, 5) is 13.4. The molecule has 1 aromatic heterocycles. The summed E-state index contributed by atoms with van der Waals surface area (Å²) in [6.45, 7) is 2.72. The van der Waals surface area contributed by atoms with E-state index in [-0.39, 0.29) is 5.78 Å². The predicted molar refractivity (Wildman–Crippen MR) is 132 cm³/mol. The number of carbonyl (C=O) groups excluding carboxylic acids is 1. The number of unbranched alkanes of at least 4 members (excludes halogenated alkanes) is 1. The van der Waals surface area contributed by atoms with Gasteiger partial charge in [-0.25, -0.2) is 8.42 Å². The van der Waals surface area contributed by atoms with E-state index in [0.717, 1.165) is 35.7 Å². The molecular weight excluding hydrogens is 529 g/mol. The van der Waals surface area contributed by atoms with Crippen molar-refractivity contribution < 1.29 is 22.4 Å². The van der Waals surface area contributed by atoms with Crippen LogP contribution in [0.4, 0.5) is 5.69 Å². The third kappa shape index (κ3) is 6.22. The number of fused-ring (bicyclic) bond motifs is 1. The number of halogens is 1. The van der Waals surface area contributed by atoms with Crippen LogP contribution in [0.3, 0.4) is 0 Å². The molecule has 166 valence electrons. The van der Waals surface area contributed by atoms with Gasteiger partial charge in [0.1, 0.15) is 17.1 Å². The van der Waals surface area contributed by atoms with Crippen LogP contribution in [0, 0.1) is 0 Å². The largest absolute Gasteiger partial charge is 0.494 e. The molecule has 8 heteroatoms. The van der Waals surface area contributed by atoms with Gasteiger partial charge in [-0.1, -0.05) is 35.9 Å². The number of aryl methyl sites for hydroxylation is 1. The highest BCUT2D eigenvalue weighted by molar-refractivity contribution is 14.1. The molecule has 0 fully saturated rings. The summed E-state index contributed by atoms with van der Waals surface area (Å²) in [6, 6.07) is 12.1. The van der Waals surface area contributed by atoms with Crippen LogP contribution in [0.2, 0.25) is 0 Å². The summed E-state index contributed by atoms with van der Waals surface area (Å²) in [5.74, 6) is 1.20. The van der Waals surface area contributed by atoms with Crippen LogP contribution in [-0.2, 0) is 16.4 Å². The van der Waals surface area contributed by atoms with Gasteiger partial charge in [-0.2, -0.15) is 0 Å². The van der Waals surface area contributed by atoms with Crippen molar-refractivity contribution in [1.29, 1.82) is 0 Å². The molecule has 31 heavy (non-hydrogen) atoms. The van der Waals surface area contributed by atoms with Crippen molar-refractivity contribution in [3.8, 4) is 5.75 Å². The Morgan fingerprint density at radius 1 is 1.13 bits per heavy atom. The van der Waals surface area contributed by atoms with E-state index in [1.165, 1.54) is 0 Å². The number of carbonyl (C=O) groups is 1. The molecule has 0 aliphatic heterocycles. The number of benzene rings is 2. The Labute approximate surface area is 196 Å². The normalized spacial score (nSPS) is 11.6. The Morgan fingerprint density at radius 2 is 1.87 bits per heavy atom. The van der Waals surface area contributed by atoms with E-state index in [2.05, 4.69) is 34.2 Å². The average molecular weight is 555 g/mol. The van der Waals surface area contributed by atoms with Crippen LogP contribution in [0.1, 0.15) is 47.9 Å². The van der Waals surface area contributed by atoms with Gasteiger partial charge in [-0.05, 0) is 55.3 Å². The number of ether oxygens (including phenoxy) is 1. The molecule has 0 amide bonds. The third-order valence-electron chi connectivity index (χ3n) is 4.71. The first-order chi connectivity index (χ1) is 14.8. The fourth-order valence-corrected chi connectivity index (χ4v) is 4.15. The van der Waals surface area contributed by atoms with E-state index in [4.69, 9.17) is 9.15 Å². The zero-order chi connectivity index (χ0) is 22.4.